The molecule has 59 heavy (non-hydrogen) atoms. The normalized spacial score (nSPS) is 14.4. The van der Waals surface area contributed by atoms with Crippen molar-refractivity contribution in [2.24, 2.45) is 0 Å². The van der Waals surface area contributed by atoms with Crippen LogP contribution in [0.2, 0.25) is 0 Å². The van der Waals surface area contributed by atoms with E-state index in [1.807, 2.05) is 6.08 Å². The van der Waals surface area contributed by atoms with E-state index in [0.717, 1.165) is 109 Å². The Bertz CT molecular complexity index is 1330. The first-order chi connectivity index (χ1) is 29.2. The van der Waals surface area contributed by atoms with Crippen LogP contribution < -0.4 is 5.32 Å². The summed E-state index contributed by atoms with van der Waals surface area (Å²) in [6.07, 6.45) is 79.3. The number of amides is 1. The molecule has 1 amide bonds. The zero-order valence-electron chi connectivity index (χ0n) is 37.4. The van der Waals surface area contributed by atoms with E-state index in [2.05, 4.69) is 165 Å². The van der Waals surface area contributed by atoms with E-state index in [1.54, 1.807) is 6.08 Å². The summed E-state index contributed by atoms with van der Waals surface area (Å²) in [6, 6.07) is -0.680. The Hall–Kier alpha value is -3.99. The lowest BCUT2D eigenvalue weighted by molar-refractivity contribution is -0.123. The van der Waals surface area contributed by atoms with Crippen molar-refractivity contribution in [2.75, 3.05) is 6.61 Å². The SMILES string of the molecule is CC/C=C\C/C=C\C/C=C\C/C=C\C/C=C\C/C=C\C/C=C\C/C=C\C/C=C\C/C=C\CCCCC(=O)NC(CO)C(O)/C=C/CC/C=C/CC/C=C/CCCCCC. The third-order valence-corrected chi connectivity index (χ3v) is 9.22. The number of aliphatic hydroxyl groups is 2. The molecule has 0 aliphatic rings. The van der Waals surface area contributed by atoms with Crippen LogP contribution in [0.4, 0.5) is 0 Å². The molecule has 4 nitrogen and oxygen atoms in total. The molecular formula is C55H85NO3. The average molecular weight is 808 g/mol. The first-order valence-corrected chi connectivity index (χ1v) is 23.2. The molecule has 0 saturated heterocycles. The standard InChI is InChI=1S/C55H85NO3/c1-3-5-7-9-11-13-15-17-19-20-21-22-23-24-25-26-27-28-29-30-31-32-33-34-35-36-37-39-41-43-45-47-49-51-55(59)56-53(52-57)54(58)50-48-46-44-42-40-38-18-16-14-12-10-8-6-4-2/h5,7,11,13-14,16-17,19,21-22,24-25,27-28,30-31,33-34,36-37,40-43,48,50,53-54,57-58H,3-4,6,8-10,12,15,18,20,23,26,29,32,35,38-39,44-47,49,51-52H2,1-2H3,(H,56,59)/b7-5-,13-11-,16-14+,19-17-,22-21-,25-24-,28-27-,31-30-,34-33-,37-36-,42-40+,43-41-,50-48+. The Labute approximate surface area is 363 Å². The van der Waals surface area contributed by atoms with E-state index in [-0.39, 0.29) is 12.5 Å². The third-order valence-electron chi connectivity index (χ3n) is 9.22. The Morgan fingerprint density at radius 2 is 0.763 bits per heavy atom. The third kappa shape index (κ3) is 45.0. The predicted octanol–water partition coefficient (Wildman–Crippen LogP) is 15.1. The van der Waals surface area contributed by atoms with Crippen LogP contribution in [0.3, 0.4) is 0 Å². The summed E-state index contributed by atoms with van der Waals surface area (Å²) in [7, 11) is 0. The minimum atomic E-state index is -0.900. The van der Waals surface area contributed by atoms with Gasteiger partial charge in [-0.05, 0) is 122 Å². The van der Waals surface area contributed by atoms with Crippen LogP contribution in [0.5, 0.6) is 0 Å². The summed E-state index contributed by atoms with van der Waals surface area (Å²) in [6.45, 7) is 4.11. The largest absolute Gasteiger partial charge is 0.394 e. The second-order valence-electron chi connectivity index (χ2n) is 14.7. The molecule has 0 rings (SSSR count). The van der Waals surface area contributed by atoms with Crippen LogP contribution in [-0.2, 0) is 4.79 Å². The van der Waals surface area contributed by atoms with Gasteiger partial charge < -0.3 is 15.5 Å². The van der Waals surface area contributed by atoms with E-state index in [4.69, 9.17) is 0 Å². The van der Waals surface area contributed by atoms with Gasteiger partial charge in [0.1, 0.15) is 0 Å². The first-order valence-electron chi connectivity index (χ1n) is 23.2. The maximum absolute atomic E-state index is 12.4. The second-order valence-corrected chi connectivity index (χ2v) is 14.7. The van der Waals surface area contributed by atoms with Gasteiger partial charge in [-0.25, -0.2) is 0 Å². The summed E-state index contributed by atoms with van der Waals surface area (Å²) >= 11 is 0. The number of carbonyl (C=O) groups excluding carboxylic acids is 1. The first kappa shape index (κ1) is 55.0. The summed E-state index contributed by atoms with van der Waals surface area (Å²) in [5, 5.41) is 22.9. The smallest absolute Gasteiger partial charge is 0.220 e. The number of aliphatic hydroxyl groups excluding tert-OH is 2. The van der Waals surface area contributed by atoms with Gasteiger partial charge in [0.25, 0.3) is 0 Å². The number of allylic oxidation sites excluding steroid dienone is 25. The summed E-state index contributed by atoms with van der Waals surface area (Å²) in [5.74, 6) is -0.130. The maximum atomic E-state index is 12.4. The molecule has 0 radical (unpaired) electrons. The number of carbonyl (C=O) groups is 1. The average Bonchev–Trinajstić information content (AvgIpc) is 3.24. The molecule has 0 bridgehead atoms. The Kier molecular flexibility index (Phi) is 45.1. The van der Waals surface area contributed by atoms with Crippen molar-refractivity contribution in [3.8, 4) is 0 Å². The summed E-state index contributed by atoms with van der Waals surface area (Å²) < 4.78 is 0. The minimum absolute atomic E-state index is 0.130. The molecule has 0 spiro atoms. The Balaban J connectivity index is 3.82. The van der Waals surface area contributed by atoms with E-state index >= 15 is 0 Å². The highest BCUT2D eigenvalue weighted by Gasteiger charge is 2.17. The van der Waals surface area contributed by atoms with Gasteiger partial charge in [0.15, 0.2) is 0 Å². The summed E-state index contributed by atoms with van der Waals surface area (Å²) in [5.41, 5.74) is 0. The number of hydrogen-bond acceptors (Lipinski definition) is 3. The molecule has 0 saturated carbocycles. The molecule has 3 N–H and O–H groups in total. The molecule has 0 heterocycles. The monoisotopic (exact) mass is 808 g/mol. The summed E-state index contributed by atoms with van der Waals surface area (Å²) in [4.78, 5) is 12.4. The molecule has 0 aliphatic heterocycles. The van der Waals surface area contributed by atoms with Gasteiger partial charge >= 0.3 is 0 Å². The van der Waals surface area contributed by atoms with Crippen molar-refractivity contribution in [3.05, 3.63) is 158 Å². The maximum Gasteiger partial charge on any atom is 0.220 e. The molecule has 0 aromatic rings. The molecule has 4 heteroatoms. The van der Waals surface area contributed by atoms with E-state index in [0.29, 0.717) is 6.42 Å². The molecule has 0 aromatic heterocycles. The van der Waals surface area contributed by atoms with Gasteiger partial charge in [0, 0.05) is 6.42 Å². The fourth-order valence-electron chi connectivity index (χ4n) is 5.70. The lowest BCUT2D eigenvalue weighted by Crippen LogP contribution is -2.45. The Morgan fingerprint density at radius 1 is 0.424 bits per heavy atom. The van der Waals surface area contributed by atoms with E-state index in [1.165, 1.54) is 32.1 Å². The van der Waals surface area contributed by atoms with Crippen LogP contribution >= 0.6 is 0 Å². The topological polar surface area (TPSA) is 69.6 Å². The highest BCUT2D eigenvalue weighted by molar-refractivity contribution is 5.76. The predicted molar refractivity (Wildman–Crippen MR) is 261 cm³/mol. The van der Waals surface area contributed by atoms with E-state index in [9.17, 15) is 15.0 Å². The zero-order chi connectivity index (χ0) is 42.8. The van der Waals surface area contributed by atoms with Gasteiger partial charge in [0.2, 0.25) is 5.91 Å². The van der Waals surface area contributed by atoms with Gasteiger partial charge in [-0.1, -0.05) is 191 Å². The molecule has 2 unspecified atom stereocenters. The van der Waals surface area contributed by atoms with Crippen molar-refractivity contribution in [1.82, 2.24) is 5.32 Å². The number of nitrogens with one attached hydrogen (secondary N) is 1. The molecular weight excluding hydrogens is 723 g/mol. The van der Waals surface area contributed by atoms with Crippen molar-refractivity contribution in [3.63, 3.8) is 0 Å². The van der Waals surface area contributed by atoms with Crippen molar-refractivity contribution in [1.29, 1.82) is 0 Å². The number of rotatable bonds is 39. The van der Waals surface area contributed by atoms with Gasteiger partial charge in [-0.2, -0.15) is 0 Å². The van der Waals surface area contributed by atoms with Gasteiger partial charge in [-0.15, -0.1) is 0 Å². The zero-order valence-corrected chi connectivity index (χ0v) is 37.4. The van der Waals surface area contributed by atoms with Crippen molar-refractivity contribution in [2.45, 2.75) is 174 Å². The lowest BCUT2D eigenvalue weighted by Gasteiger charge is -2.19. The van der Waals surface area contributed by atoms with Crippen LogP contribution in [0, 0.1) is 0 Å². The van der Waals surface area contributed by atoms with Crippen molar-refractivity contribution >= 4 is 5.91 Å². The highest BCUT2D eigenvalue weighted by Crippen LogP contribution is 2.07. The highest BCUT2D eigenvalue weighted by atomic mass is 16.3. The second kappa shape index (κ2) is 48.4. The van der Waals surface area contributed by atoms with Gasteiger partial charge in [-0.3, -0.25) is 4.79 Å². The number of hydrogen-bond donors (Lipinski definition) is 3. The van der Waals surface area contributed by atoms with E-state index < -0.39 is 12.1 Å². The molecule has 0 aromatic carbocycles. The Morgan fingerprint density at radius 3 is 1.15 bits per heavy atom. The molecule has 0 aliphatic carbocycles. The minimum Gasteiger partial charge on any atom is -0.394 e. The van der Waals surface area contributed by atoms with Crippen molar-refractivity contribution < 1.29 is 15.0 Å². The molecule has 0 fully saturated rings. The van der Waals surface area contributed by atoms with Crippen LogP contribution in [0.15, 0.2) is 158 Å². The quantitative estimate of drug-likeness (QED) is 0.0428. The molecule has 2 atom stereocenters. The van der Waals surface area contributed by atoms with Crippen LogP contribution in [-0.4, -0.2) is 34.9 Å². The van der Waals surface area contributed by atoms with Crippen LogP contribution in [0.1, 0.15) is 162 Å². The van der Waals surface area contributed by atoms with Gasteiger partial charge in [0.05, 0.1) is 18.8 Å². The molecule has 328 valence electrons. The fourth-order valence-corrected chi connectivity index (χ4v) is 5.70. The lowest BCUT2D eigenvalue weighted by atomic mass is 10.1. The van der Waals surface area contributed by atoms with Crippen LogP contribution in [0.25, 0.3) is 0 Å². The fraction of sp³-hybridized carbons (Fsp3) is 0.509. The number of unbranched alkanes of at least 4 members (excludes halogenated alkanes) is 8.